The molecular weight excluding hydrogens is 454 g/mol. The number of benzene rings is 1. The van der Waals surface area contributed by atoms with Crippen LogP contribution in [0.15, 0.2) is 59.2 Å². The first kappa shape index (κ1) is 22.7. The predicted octanol–water partition coefficient (Wildman–Crippen LogP) is 0.804. The Balaban J connectivity index is 2.05. The van der Waals surface area contributed by atoms with Crippen LogP contribution in [0.1, 0.15) is 17.0 Å². The molecule has 1 atom stereocenters. The average Bonchev–Trinajstić information content (AvgIpc) is 3.15. The van der Waals surface area contributed by atoms with Crippen LogP contribution in [0.25, 0.3) is 17.5 Å². The third-order valence-corrected chi connectivity index (χ3v) is 6.39. The van der Waals surface area contributed by atoms with E-state index in [2.05, 4.69) is 21.1 Å². The van der Waals surface area contributed by atoms with Crippen molar-refractivity contribution >= 4 is 46.4 Å². The summed E-state index contributed by atoms with van der Waals surface area (Å²) in [6.45, 7) is 1.90. The van der Waals surface area contributed by atoms with Crippen molar-refractivity contribution in [1.82, 2.24) is 9.55 Å². The zero-order valence-corrected chi connectivity index (χ0v) is 19.1. The number of hydrogen-bond donors (Lipinski definition) is 2. The minimum absolute atomic E-state index is 0.0262. The van der Waals surface area contributed by atoms with Crippen molar-refractivity contribution in [3.05, 3.63) is 85.0 Å². The van der Waals surface area contributed by atoms with Crippen molar-refractivity contribution in [3.63, 3.8) is 0 Å². The molecule has 34 heavy (non-hydrogen) atoms. The van der Waals surface area contributed by atoms with Gasteiger partial charge in [0.2, 0.25) is 0 Å². The molecule has 0 aliphatic carbocycles. The molecule has 10 heteroatoms. The molecule has 9 nitrogen and oxygen atoms in total. The van der Waals surface area contributed by atoms with E-state index in [4.69, 9.17) is 5.73 Å². The molecule has 1 aromatic carbocycles. The minimum Gasteiger partial charge on any atom is -0.466 e. The molecule has 0 spiro atoms. The quantitative estimate of drug-likeness (QED) is 0.534. The number of thiazole rings is 1. The molecule has 170 valence electrons. The molecule has 1 aliphatic heterocycles. The number of carbonyl (C=O) groups is 2. The number of aryl methyl sites for hydroxylation is 1. The van der Waals surface area contributed by atoms with Gasteiger partial charge in [-0.3, -0.25) is 19.1 Å². The highest BCUT2D eigenvalue weighted by Gasteiger charge is 2.35. The number of nitrogens with two attached hydrogens (primary N) is 1. The van der Waals surface area contributed by atoms with Gasteiger partial charge in [-0.15, -0.1) is 11.3 Å². The number of carbonyl (C=O) groups excluding carboxylic acids is 2. The van der Waals surface area contributed by atoms with E-state index in [-0.39, 0.29) is 26.2 Å². The zero-order chi connectivity index (χ0) is 24.4. The number of nitriles is 1. The summed E-state index contributed by atoms with van der Waals surface area (Å²) >= 11 is 0.927. The second kappa shape index (κ2) is 9.17. The molecule has 0 bridgehead atoms. The van der Waals surface area contributed by atoms with Crippen molar-refractivity contribution in [1.29, 1.82) is 5.26 Å². The number of nitrogens with zero attached hydrogens (tertiary/aromatic N) is 3. The van der Waals surface area contributed by atoms with Crippen LogP contribution in [0.5, 0.6) is 0 Å². The average molecular weight is 474 g/mol. The first-order valence-corrected chi connectivity index (χ1v) is 10.9. The Labute approximate surface area is 197 Å². The fraction of sp³-hybridized carbons (Fsp3) is 0.125. The van der Waals surface area contributed by atoms with Crippen LogP contribution in [-0.2, 0) is 14.3 Å². The van der Waals surface area contributed by atoms with Gasteiger partial charge in [-0.1, -0.05) is 12.1 Å². The van der Waals surface area contributed by atoms with Gasteiger partial charge in [-0.2, -0.15) is 5.26 Å². The number of ether oxygens (including phenoxy) is 1. The molecule has 0 saturated heterocycles. The fourth-order valence-corrected chi connectivity index (χ4v) is 4.88. The maximum atomic E-state index is 13.6. The molecule has 0 radical (unpaired) electrons. The van der Waals surface area contributed by atoms with Gasteiger partial charge in [0.1, 0.15) is 15.0 Å². The molecule has 2 aromatic heterocycles. The van der Waals surface area contributed by atoms with E-state index in [1.807, 2.05) is 13.0 Å². The highest BCUT2D eigenvalue weighted by Crippen LogP contribution is 2.36. The number of aromatic nitrogens is 2. The highest BCUT2D eigenvalue weighted by molar-refractivity contribution is 7.07. The fourth-order valence-electron chi connectivity index (χ4n) is 3.74. The number of esters is 1. The van der Waals surface area contributed by atoms with E-state index in [1.165, 1.54) is 7.11 Å². The van der Waals surface area contributed by atoms with E-state index >= 15 is 0 Å². The summed E-state index contributed by atoms with van der Waals surface area (Å²) in [6.07, 6.45) is 4.13. The van der Waals surface area contributed by atoms with Crippen LogP contribution in [0.4, 0.5) is 5.69 Å². The van der Waals surface area contributed by atoms with Gasteiger partial charge < -0.3 is 15.8 Å². The van der Waals surface area contributed by atoms with Gasteiger partial charge in [0.05, 0.1) is 30.2 Å². The predicted molar refractivity (Wildman–Crippen MR) is 128 cm³/mol. The van der Waals surface area contributed by atoms with E-state index in [1.54, 1.807) is 42.7 Å². The van der Waals surface area contributed by atoms with E-state index in [0.717, 1.165) is 27.5 Å². The summed E-state index contributed by atoms with van der Waals surface area (Å²) in [7, 11) is 1.19. The van der Waals surface area contributed by atoms with E-state index < -0.39 is 23.4 Å². The molecule has 3 aromatic rings. The number of hydrogen-bond acceptors (Lipinski definition) is 8. The Morgan fingerprint density at radius 2 is 2.03 bits per heavy atom. The lowest BCUT2D eigenvalue weighted by Gasteiger charge is -2.25. The molecule has 0 fully saturated rings. The number of methoxy groups -OCH3 is 1. The topological polar surface area (TPSA) is 140 Å². The second-order valence-corrected chi connectivity index (χ2v) is 8.47. The lowest BCUT2D eigenvalue weighted by molar-refractivity contribution is -0.133. The third-order valence-electron chi connectivity index (χ3n) is 5.28. The third kappa shape index (κ3) is 4.00. The molecule has 1 aliphatic rings. The Hall–Kier alpha value is -4.49. The van der Waals surface area contributed by atoms with Gasteiger partial charge >= 0.3 is 5.97 Å². The molecule has 0 saturated carbocycles. The maximum Gasteiger partial charge on any atom is 0.332 e. The van der Waals surface area contributed by atoms with Crippen LogP contribution < -0.4 is 25.8 Å². The van der Waals surface area contributed by atoms with Crippen molar-refractivity contribution in [2.75, 3.05) is 12.4 Å². The zero-order valence-electron chi connectivity index (χ0n) is 18.2. The van der Waals surface area contributed by atoms with Crippen molar-refractivity contribution in [3.8, 4) is 6.07 Å². The summed E-state index contributed by atoms with van der Waals surface area (Å²) < 4.78 is 5.99. The molecule has 0 unspecified atom stereocenters. The van der Waals surface area contributed by atoms with Crippen LogP contribution in [0.2, 0.25) is 0 Å². The first-order chi connectivity index (χ1) is 16.3. The molecule has 1 amide bonds. The van der Waals surface area contributed by atoms with E-state index in [0.29, 0.717) is 11.3 Å². The summed E-state index contributed by atoms with van der Waals surface area (Å²) in [5.74, 6) is -2.18. The van der Waals surface area contributed by atoms with Crippen LogP contribution in [-0.4, -0.2) is 28.5 Å². The molecule has 3 N–H and O–H groups in total. The Morgan fingerprint density at radius 1 is 1.29 bits per heavy atom. The lowest BCUT2D eigenvalue weighted by Crippen LogP contribution is -2.40. The van der Waals surface area contributed by atoms with Crippen molar-refractivity contribution in [2.24, 2.45) is 5.73 Å². The van der Waals surface area contributed by atoms with Crippen molar-refractivity contribution in [2.45, 2.75) is 12.8 Å². The number of nitrogens with one attached hydrogen (secondary N) is 1. The summed E-state index contributed by atoms with van der Waals surface area (Å²) in [6, 6.07) is 12.7. The Morgan fingerprint density at radius 3 is 2.68 bits per heavy atom. The maximum absolute atomic E-state index is 13.6. The SMILES string of the molecule is COC(=O)/C=c1\sc2n(c1=O)C(N)=C(C#N)[C@@H](c1ccncc1)C=2C(=O)Nc1cccc(C)c1. The monoisotopic (exact) mass is 473 g/mol. The van der Waals surface area contributed by atoms with E-state index in [9.17, 15) is 19.6 Å². The largest absolute Gasteiger partial charge is 0.466 e. The summed E-state index contributed by atoms with van der Waals surface area (Å²) in [5.41, 5.74) is 7.96. The van der Waals surface area contributed by atoms with Crippen LogP contribution >= 0.6 is 11.3 Å². The normalized spacial score (nSPS) is 15.5. The van der Waals surface area contributed by atoms with Crippen molar-refractivity contribution < 1.29 is 14.3 Å². The molecule has 3 heterocycles. The number of amides is 1. The molecule has 4 rings (SSSR count). The van der Waals surface area contributed by atoms with Gasteiger partial charge in [0, 0.05) is 24.2 Å². The number of rotatable bonds is 4. The number of pyridine rings is 1. The first-order valence-electron chi connectivity index (χ1n) is 10.1. The Bertz CT molecular complexity index is 1560. The van der Waals surface area contributed by atoms with Crippen LogP contribution in [0, 0.1) is 18.3 Å². The lowest BCUT2D eigenvalue weighted by atomic mass is 9.84. The standard InChI is InChI=1S/C24H19N5O4S/c1-13-4-3-5-15(10-13)28-22(31)20-19(14-6-8-27-9-7-14)16(12-25)21(26)29-23(32)17(34-24(20)29)11-18(30)33-2/h3-11,19H,26H2,1-2H3,(H,28,31)/b17-11-/t19-/m1/s1. The highest BCUT2D eigenvalue weighted by atomic mass is 32.1. The Kier molecular flexibility index (Phi) is 6.12. The second-order valence-electron chi connectivity index (χ2n) is 7.44. The van der Waals surface area contributed by atoms with Gasteiger partial charge in [0.25, 0.3) is 11.5 Å². The summed E-state index contributed by atoms with van der Waals surface area (Å²) in [5, 5.41) is 12.8. The summed E-state index contributed by atoms with van der Waals surface area (Å²) in [4.78, 5) is 42.6. The minimum atomic E-state index is -0.846. The van der Waals surface area contributed by atoms with Gasteiger partial charge in [-0.25, -0.2) is 4.79 Å². The number of fused-ring (bicyclic) bond motifs is 1. The van der Waals surface area contributed by atoms with Gasteiger partial charge in [0.15, 0.2) is 0 Å². The number of allylic oxidation sites excluding steroid dienone is 1. The van der Waals surface area contributed by atoms with Crippen LogP contribution in [0.3, 0.4) is 0 Å². The number of anilines is 1. The molecular formula is C24H19N5O4S. The smallest absolute Gasteiger partial charge is 0.332 e. The van der Waals surface area contributed by atoms with Gasteiger partial charge in [-0.05, 0) is 42.3 Å².